The Balaban J connectivity index is 2.07. The highest BCUT2D eigenvalue weighted by Crippen LogP contribution is 2.15. The second-order valence-corrected chi connectivity index (χ2v) is 6.44. The molecule has 2 rings (SSSR count). The van der Waals surface area contributed by atoms with Gasteiger partial charge in [-0.3, -0.25) is 0 Å². The van der Waals surface area contributed by atoms with Gasteiger partial charge in [-0.1, -0.05) is 0 Å². The average Bonchev–Trinajstić information content (AvgIpc) is 2.35. The zero-order chi connectivity index (χ0) is 14.8. The normalized spacial score (nSPS) is 11.3. The van der Waals surface area contributed by atoms with Gasteiger partial charge in [-0.25, -0.2) is 17.2 Å². The first-order valence-electron chi connectivity index (χ1n) is 5.83. The van der Waals surface area contributed by atoms with Crippen LogP contribution in [0.15, 0.2) is 47.4 Å². The molecule has 0 radical (unpaired) electrons. The van der Waals surface area contributed by atoms with Gasteiger partial charge in [0.05, 0.1) is 4.90 Å². The number of hydrogen-bond donors (Lipinski definition) is 1. The van der Waals surface area contributed by atoms with Gasteiger partial charge in [-0.05, 0) is 42.0 Å². The van der Waals surface area contributed by atoms with E-state index >= 15 is 0 Å². The van der Waals surface area contributed by atoms with Gasteiger partial charge in [-0.15, -0.1) is 0 Å². The van der Waals surface area contributed by atoms with Crippen molar-refractivity contribution in [2.24, 2.45) is 0 Å². The first kappa shape index (κ1) is 14.5. The predicted molar refractivity (Wildman–Crippen MR) is 73.2 cm³/mol. The number of nitrogens with one attached hydrogen (secondary N) is 1. The van der Waals surface area contributed by atoms with E-state index < -0.39 is 21.5 Å². The summed E-state index contributed by atoms with van der Waals surface area (Å²) in [7, 11) is -3.22. The van der Waals surface area contributed by atoms with E-state index in [4.69, 9.17) is 0 Å². The summed E-state index contributed by atoms with van der Waals surface area (Å²) in [4.78, 5) is 0.222. The largest absolute Gasteiger partial charge is 0.381 e. The van der Waals surface area contributed by atoms with E-state index in [1.165, 1.54) is 24.3 Å². The highest BCUT2D eigenvalue weighted by Gasteiger charge is 2.06. The molecule has 0 bridgehead atoms. The maximum Gasteiger partial charge on any atom is 0.175 e. The minimum atomic E-state index is -3.22. The molecule has 1 N–H and O–H groups in total. The highest BCUT2D eigenvalue weighted by atomic mass is 32.2. The standard InChI is InChI=1S/C14H13F2NO2S/c1-20(18,19)14-4-2-13(3-5-14)17-9-10-6-11(15)8-12(16)7-10/h2-8,17H,9H2,1H3. The molecule has 0 saturated carbocycles. The zero-order valence-corrected chi connectivity index (χ0v) is 11.5. The van der Waals surface area contributed by atoms with Gasteiger partial charge < -0.3 is 5.32 Å². The summed E-state index contributed by atoms with van der Waals surface area (Å²) < 4.78 is 48.6. The summed E-state index contributed by atoms with van der Waals surface area (Å²) in [6, 6.07) is 9.44. The van der Waals surface area contributed by atoms with E-state index in [2.05, 4.69) is 5.32 Å². The van der Waals surface area contributed by atoms with E-state index in [0.717, 1.165) is 12.3 Å². The van der Waals surface area contributed by atoms with Crippen molar-refractivity contribution in [3.8, 4) is 0 Å². The summed E-state index contributed by atoms with van der Waals surface area (Å²) in [5.74, 6) is -1.26. The van der Waals surface area contributed by atoms with Crippen molar-refractivity contribution in [3.63, 3.8) is 0 Å². The smallest absolute Gasteiger partial charge is 0.175 e. The molecule has 0 unspecified atom stereocenters. The number of halogens is 2. The summed E-state index contributed by atoms with van der Waals surface area (Å²) in [6.45, 7) is 0.243. The Labute approximate surface area is 116 Å². The molecule has 0 fully saturated rings. The molecule has 0 aliphatic carbocycles. The minimum absolute atomic E-state index is 0.222. The highest BCUT2D eigenvalue weighted by molar-refractivity contribution is 7.90. The number of sulfone groups is 1. The fourth-order valence-electron chi connectivity index (χ4n) is 1.74. The summed E-state index contributed by atoms with van der Waals surface area (Å²) in [5, 5.41) is 2.97. The van der Waals surface area contributed by atoms with E-state index in [1.807, 2.05) is 0 Å². The van der Waals surface area contributed by atoms with Crippen LogP contribution in [0.1, 0.15) is 5.56 Å². The Bertz CT molecular complexity index is 692. The Hall–Kier alpha value is -1.95. The third kappa shape index (κ3) is 3.77. The second kappa shape index (κ2) is 5.58. The van der Waals surface area contributed by atoms with Crippen molar-refractivity contribution in [1.29, 1.82) is 0 Å². The molecule has 3 nitrogen and oxygen atoms in total. The lowest BCUT2D eigenvalue weighted by atomic mass is 10.2. The van der Waals surface area contributed by atoms with Crippen LogP contribution < -0.4 is 5.32 Å². The number of anilines is 1. The summed E-state index contributed by atoms with van der Waals surface area (Å²) in [6.07, 6.45) is 1.13. The van der Waals surface area contributed by atoms with Crippen LogP contribution in [0.25, 0.3) is 0 Å². The van der Waals surface area contributed by atoms with E-state index in [9.17, 15) is 17.2 Å². The van der Waals surface area contributed by atoms with Crippen LogP contribution in [-0.2, 0) is 16.4 Å². The first-order valence-corrected chi connectivity index (χ1v) is 7.73. The lowest BCUT2D eigenvalue weighted by Crippen LogP contribution is -2.01. The average molecular weight is 297 g/mol. The topological polar surface area (TPSA) is 46.2 Å². The van der Waals surface area contributed by atoms with Crippen LogP contribution in [0.5, 0.6) is 0 Å². The first-order chi connectivity index (χ1) is 9.34. The molecule has 0 aromatic heterocycles. The molecule has 20 heavy (non-hydrogen) atoms. The summed E-state index contributed by atoms with van der Waals surface area (Å²) in [5.41, 5.74) is 1.14. The fourth-order valence-corrected chi connectivity index (χ4v) is 2.37. The van der Waals surface area contributed by atoms with Gasteiger partial charge in [0, 0.05) is 24.6 Å². The van der Waals surface area contributed by atoms with Gasteiger partial charge in [0.2, 0.25) is 0 Å². The molecule has 0 amide bonds. The monoisotopic (exact) mass is 297 g/mol. The molecule has 0 spiro atoms. The maximum absolute atomic E-state index is 13.0. The summed E-state index contributed by atoms with van der Waals surface area (Å²) >= 11 is 0. The lowest BCUT2D eigenvalue weighted by Gasteiger charge is -2.07. The molecule has 0 heterocycles. The molecule has 0 aliphatic rings. The number of hydrogen-bond acceptors (Lipinski definition) is 3. The molecule has 0 saturated heterocycles. The van der Waals surface area contributed by atoms with Crippen molar-refractivity contribution < 1.29 is 17.2 Å². The molecular formula is C14H13F2NO2S. The fraction of sp³-hybridized carbons (Fsp3) is 0.143. The van der Waals surface area contributed by atoms with Crippen molar-refractivity contribution in [3.05, 3.63) is 59.7 Å². The van der Waals surface area contributed by atoms with Crippen molar-refractivity contribution in [1.82, 2.24) is 0 Å². The van der Waals surface area contributed by atoms with Crippen LogP contribution in [-0.4, -0.2) is 14.7 Å². The zero-order valence-electron chi connectivity index (χ0n) is 10.7. The second-order valence-electron chi connectivity index (χ2n) is 4.43. The molecule has 6 heteroatoms. The van der Waals surface area contributed by atoms with Crippen LogP contribution >= 0.6 is 0 Å². The maximum atomic E-state index is 13.0. The van der Waals surface area contributed by atoms with Crippen LogP contribution in [0.3, 0.4) is 0 Å². The van der Waals surface area contributed by atoms with Gasteiger partial charge in [0.15, 0.2) is 9.84 Å². The molecular weight excluding hydrogens is 284 g/mol. The van der Waals surface area contributed by atoms with E-state index in [1.54, 1.807) is 12.1 Å². The van der Waals surface area contributed by atoms with Crippen LogP contribution in [0.2, 0.25) is 0 Å². The van der Waals surface area contributed by atoms with E-state index in [0.29, 0.717) is 11.3 Å². The van der Waals surface area contributed by atoms with Crippen molar-refractivity contribution >= 4 is 15.5 Å². The molecule has 2 aromatic carbocycles. The van der Waals surface area contributed by atoms with Crippen molar-refractivity contribution in [2.45, 2.75) is 11.4 Å². The third-order valence-corrected chi connectivity index (χ3v) is 3.83. The molecule has 0 aliphatic heterocycles. The SMILES string of the molecule is CS(=O)(=O)c1ccc(NCc2cc(F)cc(F)c2)cc1. The van der Waals surface area contributed by atoms with Gasteiger partial charge in [-0.2, -0.15) is 0 Å². The minimum Gasteiger partial charge on any atom is -0.381 e. The Morgan fingerprint density at radius 3 is 2.05 bits per heavy atom. The van der Waals surface area contributed by atoms with Gasteiger partial charge >= 0.3 is 0 Å². The Morgan fingerprint density at radius 2 is 1.55 bits per heavy atom. The van der Waals surface area contributed by atoms with Gasteiger partial charge in [0.25, 0.3) is 0 Å². The Kier molecular flexibility index (Phi) is 4.04. The van der Waals surface area contributed by atoms with Gasteiger partial charge in [0.1, 0.15) is 11.6 Å². The molecule has 0 atom stereocenters. The quantitative estimate of drug-likeness (QED) is 0.943. The number of benzene rings is 2. The van der Waals surface area contributed by atoms with Crippen LogP contribution in [0, 0.1) is 11.6 Å². The Morgan fingerprint density at radius 1 is 1.00 bits per heavy atom. The molecule has 106 valence electrons. The molecule has 2 aromatic rings. The lowest BCUT2D eigenvalue weighted by molar-refractivity contribution is 0.580. The predicted octanol–water partition coefficient (Wildman–Crippen LogP) is 2.98. The van der Waals surface area contributed by atoms with E-state index in [-0.39, 0.29) is 11.4 Å². The number of rotatable bonds is 4. The van der Waals surface area contributed by atoms with Crippen LogP contribution in [0.4, 0.5) is 14.5 Å². The third-order valence-electron chi connectivity index (χ3n) is 2.70. The van der Waals surface area contributed by atoms with Crippen molar-refractivity contribution in [2.75, 3.05) is 11.6 Å².